The van der Waals surface area contributed by atoms with E-state index in [1.807, 2.05) is 35.2 Å². The van der Waals surface area contributed by atoms with Gasteiger partial charge in [-0.1, -0.05) is 30.3 Å². The first-order chi connectivity index (χ1) is 13.6. The molecule has 0 spiro atoms. The topological polar surface area (TPSA) is 90.5 Å². The minimum Gasteiger partial charge on any atom is -0.356 e. The lowest BCUT2D eigenvalue weighted by molar-refractivity contribution is -0.128. The van der Waals surface area contributed by atoms with E-state index >= 15 is 0 Å². The fourth-order valence-electron chi connectivity index (χ4n) is 3.46. The molecule has 0 aliphatic carbocycles. The van der Waals surface area contributed by atoms with Crippen LogP contribution in [0.3, 0.4) is 0 Å². The second-order valence-electron chi connectivity index (χ2n) is 7.20. The van der Waals surface area contributed by atoms with Gasteiger partial charge in [0.05, 0.1) is 5.75 Å². The van der Waals surface area contributed by atoms with Crippen LogP contribution in [0, 0.1) is 0 Å². The molecule has 2 unspecified atom stereocenters. The molecule has 2 aliphatic rings. The summed E-state index contributed by atoms with van der Waals surface area (Å²) in [6, 6.07) is 9.77. The van der Waals surface area contributed by atoms with Gasteiger partial charge in [0.1, 0.15) is 5.50 Å². The number of amides is 3. The zero-order valence-corrected chi connectivity index (χ0v) is 16.8. The molecule has 0 bridgehead atoms. The Morgan fingerprint density at radius 2 is 1.93 bits per heavy atom. The van der Waals surface area contributed by atoms with Gasteiger partial charge in [0.15, 0.2) is 0 Å². The molecule has 0 aromatic heterocycles. The number of nitrogens with zero attached hydrogens (tertiary/aromatic N) is 1. The molecule has 3 amide bonds. The van der Waals surface area contributed by atoms with Gasteiger partial charge in [-0.05, 0) is 24.8 Å². The highest BCUT2D eigenvalue weighted by Gasteiger charge is 2.28. The Bertz CT molecular complexity index is 679. The number of thioether (sulfide) groups is 1. The van der Waals surface area contributed by atoms with Gasteiger partial charge in [-0.3, -0.25) is 19.7 Å². The quantitative estimate of drug-likeness (QED) is 0.598. The van der Waals surface area contributed by atoms with Gasteiger partial charge in [-0.15, -0.1) is 11.8 Å². The molecule has 8 heteroatoms. The second kappa shape index (κ2) is 10.5. The number of carbonyl (C=O) groups is 3. The lowest BCUT2D eigenvalue weighted by atomic mass is 10.1. The minimum atomic E-state index is -0.338. The highest BCUT2D eigenvalue weighted by molar-refractivity contribution is 8.00. The molecule has 0 radical (unpaired) electrons. The molecule has 7 nitrogen and oxygen atoms in total. The molecular weight excluding hydrogens is 376 g/mol. The van der Waals surface area contributed by atoms with E-state index in [-0.39, 0.29) is 42.1 Å². The van der Waals surface area contributed by atoms with Crippen molar-refractivity contribution >= 4 is 29.5 Å². The normalized spacial score (nSPS) is 22.0. The van der Waals surface area contributed by atoms with E-state index in [0.29, 0.717) is 12.3 Å². The molecule has 2 aliphatic heterocycles. The molecule has 2 saturated heterocycles. The molecule has 1 aromatic rings. The van der Waals surface area contributed by atoms with Gasteiger partial charge in [0.25, 0.3) is 0 Å². The Hall–Kier alpha value is -2.06. The molecule has 2 atom stereocenters. The van der Waals surface area contributed by atoms with E-state index < -0.39 is 0 Å². The van der Waals surface area contributed by atoms with Crippen molar-refractivity contribution in [3.8, 4) is 0 Å². The van der Waals surface area contributed by atoms with Gasteiger partial charge in [-0.2, -0.15) is 0 Å². The monoisotopic (exact) mass is 404 g/mol. The summed E-state index contributed by atoms with van der Waals surface area (Å²) in [6.07, 6.45) is 3.43. The van der Waals surface area contributed by atoms with Crippen LogP contribution < -0.4 is 16.0 Å². The largest absolute Gasteiger partial charge is 0.356 e. The van der Waals surface area contributed by atoms with Crippen LogP contribution in [0.1, 0.15) is 31.2 Å². The van der Waals surface area contributed by atoms with Gasteiger partial charge < -0.3 is 15.5 Å². The van der Waals surface area contributed by atoms with Gasteiger partial charge in [0, 0.05) is 38.5 Å². The van der Waals surface area contributed by atoms with Crippen molar-refractivity contribution in [2.24, 2.45) is 0 Å². The molecule has 2 fully saturated rings. The molecule has 2 heterocycles. The predicted octanol–water partition coefficient (Wildman–Crippen LogP) is 0.853. The molecule has 3 rings (SSSR count). The summed E-state index contributed by atoms with van der Waals surface area (Å²) in [5.74, 6) is 0.278. The smallest absolute Gasteiger partial charge is 0.232 e. The third-order valence-electron chi connectivity index (χ3n) is 4.95. The van der Waals surface area contributed by atoms with E-state index in [0.717, 1.165) is 32.4 Å². The third-order valence-corrected chi connectivity index (χ3v) is 5.95. The maximum absolute atomic E-state index is 12.2. The molecule has 28 heavy (non-hydrogen) atoms. The lowest BCUT2D eigenvalue weighted by Crippen LogP contribution is -2.56. The Morgan fingerprint density at radius 1 is 1.18 bits per heavy atom. The number of rotatable bonds is 8. The second-order valence-corrected chi connectivity index (χ2v) is 8.30. The molecule has 152 valence electrons. The van der Waals surface area contributed by atoms with Gasteiger partial charge in [-0.25, -0.2) is 0 Å². The number of carbonyl (C=O) groups excluding carboxylic acids is 3. The van der Waals surface area contributed by atoms with Gasteiger partial charge >= 0.3 is 0 Å². The van der Waals surface area contributed by atoms with Crippen LogP contribution in [0.5, 0.6) is 0 Å². The molecular formula is C20H28N4O3S. The summed E-state index contributed by atoms with van der Waals surface area (Å²) in [4.78, 5) is 38.2. The number of benzene rings is 1. The van der Waals surface area contributed by atoms with Crippen LogP contribution in [-0.4, -0.2) is 59.5 Å². The van der Waals surface area contributed by atoms with E-state index in [1.54, 1.807) is 0 Å². The number of nitrogens with one attached hydrogen (secondary N) is 3. The Labute approximate surface area is 170 Å². The Kier molecular flexibility index (Phi) is 7.73. The molecule has 1 aromatic carbocycles. The highest BCUT2D eigenvalue weighted by Crippen LogP contribution is 2.16. The van der Waals surface area contributed by atoms with Crippen molar-refractivity contribution in [2.45, 2.75) is 43.6 Å². The minimum absolute atomic E-state index is 0.0694. The summed E-state index contributed by atoms with van der Waals surface area (Å²) >= 11 is 1.38. The SMILES string of the molecule is O=C(CC1CC(=O)NC(SCC(=O)N2CCCC2)N1)NCCc1ccccc1. The summed E-state index contributed by atoms with van der Waals surface area (Å²) in [5.41, 5.74) is 0.840. The number of hydrogen-bond acceptors (Lipinski definition) is 5. The maximum atomic E-state index is 12.2. The number of hydrogen-bond donors (Lipinski definition) is 3. The van der Waals surface area contributed by atoms with Crippen molar-refractivity contribution in [3.05, 3.63) is 35.9 Å². The summed E-state index contributed by atoms with van der Waals surface area (Å²) in [6.45, 7) is 2.23. The Balaban J connectivity index is 1.37. The van der Waals surface area contributed by atoms with Crippen LogP contribution in [0.15, 0.2) is 30.3 Å². The van der Waals surface area contributed by atoms with Crippen LogP contribution in [0.2, 0.25) is 0 Å². The average molecular weight is 405 g/mol. The summed E-state index contributed by atoms with van der Waals surface area (Å²) < 4.78 is 0. The van der Waals surface area contributed by atoms with Gasteiger partial charge in [0.2, 0.25) is 17.7 Å². The fourth-order valence-corrected chi connectivity index (χ4v) is 4.46. The first-order valence-electron chi connectivity index (χ1n) is 9.85. The van der Waals surface area contributed by atoms with Crippen LogP contribution in [0.25, 0.3) is 0 Å². The lowest BCUT2D eigenvalue weighted by Gasteiger charge is -2.31. The zero-order chi connectivity index (χ0) is 19.8. The van der Waals surface area contributed by atoms with E-state index in [1.165, 1.54) is 17.3 Å². The van der Waals surface area contributed by atoms with Crippen molar-refractivity contribution in [2.75, 3.05) is 25.4 Å². The highest BCUT2D eigenvalue weighted by atomic mass is 32.2. The third kappa shape index (κ3) is 6.53. The molecule has 0 saturated carbocycles. The standard InChI is InChI=1S/C20H28N4O3S/c25-17(21-9-8-15-6-2-1-3-7-15)12-16-13-18(26)23-20(22-16)28-14-19(27)24-10-4-5-11-24/h1-3,6-7,16,20,22H,4-5,8-14H2,(H,21,25)(H,23,26). The first kappa shape index (κ1) is 20.7. The maximum Gasteiger partial charge on any atom is 0.232 e. The first-order valence-corrected chi connectivity index (χ1v) is 10.9. The molecule has 3 N–H and O–H groups in total. The van der Waals surface area contributed by atoms with Crippen LogP contribution >= 0.6 is 11.8 Å². The predicted molar refractivity (Wildman–Crippen MR) is 110 cm³/mol. The van der Waals surface area contributed by atoms with Crippen molar-refractivity contribution < 1.29 is 14.4 Å². The van der Waals surface area contributed by atoms with Crippen LogP contribution in [-0.2, 0) is 20.8 Å². The fraction of sp³-hybridized carbons (Fsp3) is 0.550. The van der Waals surface area contributed by atoms with Crippen molar-refractivity contribution in [3.63, 3.8) is 0 Å². The van der Waals surface area contributed by atoms with Crippen molar-refractivity contribution in [1.29, 1.82) is 0 Å². The summed E-state index contributed by atoms with van der Waals surface area (Å²) in [7, 11) is 0. The Morgan fingerprint density at radius 3 is 2.68 bits per heavy atom. The van der Waals surface area contributed by atoms with E-state index in [4.69, 9.17) is 0 Å². The zero-order valence-electron chi connectivity index (χ0n) is 16.0. The van der Waals surface area contributed by atoms with E-state index in [2.05, 4.69) is 16.0 Å². The van der Waals surface area contributed by atoms with E-state index in [9.17, 15) is 14.4 Å². The van der Waals surface area contributed by atoms with Crippen molar-refractivity contribution in [1.82, 2.24) is 20.9 Å². The summed E-state index contributed by atoms with van der Waals surface area (Å²) in [5, 5.41) is 9.03. The average Bonchev–Trinajstić information content (AvgIpc) is 3.21. The van der Waals surface area contributed by atoms with Crippen LogP contribution in [0.4, 0.5) is 0 Å². The number of likely N-dealkylation sites (tertiary alicyclic amines) is 1.